The second-order valence-corrected chi connectivity index (χ2v) is 6.12. The maximum absolute atomic E-state index is 11.2. The molecule has 110 valence electrons. The highest BCUT2D eigenvalue weighted by atomic mass is 32.2. The van der Waals surface area contributed by atoms with Gasteiger partial charge < -0.3 is 10.4 Å². The van der Waals surface area contributed by atoms with Crippen LogP contribution in [0.2, 0.25) is 0 Å². The van der Waals surface area contributed by atoms with Crippen LogP contribution < -0.4 is 5.32 Å². The summed E-state index contributed by atoms with van der Waals surface area (Å²) in [6.45, 7) is 2.28. The minimum atomic E-state index is -1.23. The van der Waals surface area contributed by atoms with Gasteiger partial charge in [-0.2, -0.15) is 0 Å². The summed E-state index contributed by atoms with van der Waals surface area (Å²) >= 11 is 0. The third-order valence-electron chi connectivity index (χ3n) is 2.88. The largest absolute Gasteiger partial charge is 0.478 e. The normalized spacial score (nSPS) is 13.5. The number of nitro groups is 1. The fourth-order valence-electron chi connectivity index (χ4n) is 1.55. The molecule has 20 heavy (non-hydrogen) atoms. The van der Waals surface area contributed by atoms with Gasteiger partial charge in [0.05, 0.1) is 10.5 Å². The van der Waals surface area contributed by atoms with E-state index in [0.29, 0.717) is 18.7 Å². The number of nitrogens with zero attached hydrogens (tertiary/aromatic N) is 1. The van der Waals surface area contributed by atoms with Crippen LogP contribution in [-0.2, 0) is 10.8 Å². The maximum atomic E-state index is 11.2. The highest BCUT2D eigenvalue weighted by Gasteiger charge is 2.16. The van der Waals surface area contributed by atoms with E-state index in [2.05, 4.69) is 5.32 Å². The Morgan fingerprint density at radius 3 is 2.70 bits per heavy atom. The van der Waals surface area contributed by atoms with E-state index >= 15 is 0 Å². The smallest absolute Gasteiger partial charge is 0.338 e. The van der Waals surface area contributed by atoms with Crippen molar-refractivity contribution in [2.75, 3.05) is 18.1 Å². The van der Waals surface area contributed by atoms with E-state index < -0.39 is 21.7 Å². The molecular weight excluding hydrogens is 284 g/mol. The molecule has 7 nitrogen and oxygen atoms in total. The number of anilines is 1. The Morgan fingerprint density at radius 1 is 1.55 bits per heavy atom. The van der Waals surface area contributed by atoms with E-state index in [1.165, 1.54) is 12.1 Å². The Morgan fingerprint density at radius 2 is 2.20 bits per heavy atom. The van der Waals surface area contributed by atoms with Gasteiger partial charge in [0.2, 0.25) is 0 Å². The number of hydrogen-bond donors (Lipinski definition) is 2. The predicted molar refractivity (Wildman–Crippen MR) is 76.7 cm³/mol. The first-order valence-electron chi connectivity index (χ1n) is 5.90. The quantitative estimate of drug-likeness (QED) is 0.587. The van der Waals surface area contributed by atoms with Crippen LogP contribution in [0.4, 0.5) is 11.4 Å². The lowest BCUT2D eigenvalue weighted by Crippen LogP contribution is -2.16. The number of hydrogen-bond acceptors (Lipinski definition) is 5. The number of nitrogens with one attached hydrogen (secondary N) is 1. The highest BCUT2D eigenvalue weighted by Crippen LogP contribution is 2.22. The van der Waals surface area contributed by atoms with Gasteiger partial charge in [0.1, 0.15) is 0 Å². The van der Waals surface area contributed by atoms with Crippen molar-refractivity contribution in [1.82, 2.24) is 0 Å². The minimum Gasteiger partial charge on any atom is -0.478 e. The van der Waals surface area contributed by atoms with Crippen LogP contribution in [0.5, 0.6) is 0 Å². The monoisotopic (exact) mass is 300 g/mol. The molecular formula is C12H16N2O5S. The lowest BCUT2D eigenvalue weighted by Gasteiger charge is -2.12. The third kappa shape index (κ3) is 4.30. The number of carbonyl (C=O) groups is 1. The molecule has 1 aromatic carbocycles. The molecule has 0 saturated carbocycles. The van der Waals surface area contributed by atoms with Gasteiger partial charge in [0, 0.05) is 46.7 Å². The van der Waals surface area contributed by atoms with E-state index in [9.17, 15) is 19.1 Å². The SMILES string of the molecule is CC(CCNc1ccc([N+](=O)[O-])cc1C(=O)O)S(C)=O. The van der Waals surface area contributed by atoms with Gasteiger partial charge in [0.15, 0.2) is 0 Å². The molecule has 2 atom stereocenters. The molecule has 0 heterocycles. The van der Waals surface area contributed by atoms with E-state index in [4.69, 9.17) is 5.11 Å². The number of carboxylic acid groups (broad SMARTS) is 1. The molecule has 0 spiro atoms. The Kier molecular flexibility index (Phi) is 5.63. The number of benzene rings is 1. The first-order valence-corrected chi connectivity index (χ1v) is 7.53. The van der Waals surface area contributed by atoms with Gasteiger partial charge in [-0.25, -0.2) is 4.79 Å². The molecule has 8 heteroatoms. The Labute approximate surface area is 118 Å². The number of carboxylic acids is 1. The van der Waals surface area contributed by atoms with Crippen molar-refractivity contribution in [2.45, 2.75) is 18.6 Å². The maximum Gasteiger partial charge on any atom is 0.338 e. The van der Waals surface area contributed by atoms with Crippen LogP contribution in [0.15, 0.2) is 18.2 Å². The summed E-state index contributed by atoms with van der Waals surface area (Å²) in [6, 6.07) is 3.64. The second-order valence-electron chi connectivity index (χ2n) is 4.32. The standard InChI is InChI=1S/C12H16N2O5S/c1-8(20(2)19)5-6-13-11-4-3-9(14(17)18)7-10(11)12(15)16/h3-4,7-8,13H,5-6H2,1-2H3,(H,15,16). The average Bonchev–Trinajstić information content (AvgIpc) is 2.38. The van der Waals surface area contributed by atoms with Crippen LogP contribution in [-0.4, -0.2) is 38.3 Å². The van der Waals surface area contributed by atoms with Crippen LogP contribution in [0.3, 0.4) is 0 Å². The number of non-ortho nitro benzene ring substituents is 1. The van der Waals surface area contributed by atoms with Gasteiger partial charge in [-0.05, 0) is 12.5 Å². The van der Waals surface area contributed by atoms with E-state index in [0.717, 1.165) is 6.07 Å². The number of rotatable bonds is 7. The molecule has 0 aromatic heterocycles. The van der Waals surface area contributed by atoms with Crippen LogP contribution in [0.1, 0.15) is 23.7 Å². The topological polar surface area (TPSA) is 110 Å². The third-order valence-corrected chi connectivity index (χ3v) is 4.25. The van der Waals surface area contributed by atoms with Crippen molar-refractivity contribution >= 4 is 28.1 Å². The van der Waals surface area contributed by atoms with Crippen LogP contribution in [0.25, 0.3) is 0 Å². The zero-order valence-corrected chi connectivity index (χ0v) is 12.0. The summed E-state index contributed by atoms with van der Waals surface area (Å²) in [5, 5.41) is 22.6. The van der Waals surface area contributed by atoms with Crippen molar-refractivity contribution in [3.8, 4) is 0 Å². The van der Waals surface area contributed by atoms with Crippen molar-refractivity contribution < 1.29 is 19.0 Å². The second kappa shape index (κ2) is 6.99. The van der Waals surface area contributed by atoms with Crippen molar-refractivity contribution in [1.29, 1.82) is 0 Å². The van der Waals surface area contributed by atoms with Gasteiger partial charge in [-0.15, -0.1) is 0 Å². The van der Waals surface area contributed by atoms with Gasteiger partial charge in [0.25, 0.3) is 5.69 Å². The average molecular weight is 300 g/mol. The fourth-order valence-corrected chi connectivity index (χ4v) is 2.00. The summed E-state index contributed by atoms with van der Waals surface area (Å²) in [5.41, 5.74) is -0.0994. The first kappa shape index (κ1) is 16.1. The molecule has 0 saturated heterocycles. The van der Waals surface area contributed by atoms with Crippen LogP contribution >= 0.6 is 0 Å². The lowest BCUT2D eigenvalue weighted by atomic mass is 10.1. The Balaban J connectivity index is 2.82. The Hall–Kier alpha value is -1.96. The molecule has 0 radical (unpaired) electrons. The molecule has 0 fully saturated rings. The minimum absolute atomic E-state index is 0.00572. The zero-order valence-electron chi connectivity index (χ0n) is 11.2. The summed E-state index contributed by atoms with van der Waals surface area (Å²) in [5.74, 6) is -1.23. The molecule has 0 bridgehead atoms. The highest BCUT2D eigenvalue weighted by molar-refractivity contribution is 7.84. The van der Waals surface area contributed by atoms with E-state index in [1.54, 1.807) is 6.26 Å². The van der Waals surface area contributed by atoms with Crippen molar-refractivity contribution in [2.24, 2.45) is 0 Å². The molecule has 0 aliphatic carbocycles. The van der Waals surface area contributed by atoms with E-state index in [-0.39, 0.29) is 16.5 Å². The van der Waals surface area contributed by atoms with Crippen molar-refractivity contribution in [3.63, 3.8) is 0 Å². The fraction of sp³-hybridized carbons (Fsp3) is 0.417. The number of aromatic carboxylic acids is 1. The van der Waals surface area contributed by atoms with E-state index in [1.807, 2.05) is 6.92 Å². The molecule has 1 rings (SSSR count). The molecule has 1 aromatic rings. The van der Waals surface area contributed by atoms with Gasteiger partial charge in [-0.3, -0.25) is 14.3 Å². The lowest BCUT2D eigenvalue weighted by molar-refractivity contribution is -0.384. The zero-order chi connectivity index (χ0) is 15.3. The summed E-state index contributed by atoms with van der Waals surface area (Å²) in [6.07, 6.45) is 2.22. The molecule has 2 N–H and O–H groups in total. The molecule has 0 aliphatic rings. The summed E-state index contributed by atoms with van der Waals surface area (Å²) < 4.78 is 11.2. The number of nitro benzene ring substituents is 1. The van der Waals surface area contributed by atoms with Crippen LogP contribution in [0, 0.1) is 10.1 Å². The van der Waals surface area contributed by atoms with Crippen molar-refractivity contribution in [3.05, 3.63) is 33.9 Å². The van der Waals surface area contributed by atoms with Gasteiger partial charge >= 0.3 is 5.97 Å². The summed E-state index contributed by atoms with van der Waals surface area (Å²) in [4.78, 5) is 21.1. The predicted octanol–water partition coefficient (Wildman–Crippen LogP) is 1.86. The molecule has 2 unspecified atom stereocenters. The molecule has 0 aliphatic heterocycles. The summed E-state index contributed by atoms with van der Waals surface area (Å²) in [7, 11) is -0.938. The van der Waals surface area contributed by atoms with Gasteiger partial charge in [-0.1, -0.05) is 6.92 Å². The molecule has 0 amide bonds. The first-order chi connectivity index (χ1) is 9.32. The Bertz CT molecular complexity index is 547.